The predicted molar refractivity (Wildman–Crippen MR) is 65.0 cm³/mol. The first-order valence-electron chi connectivity index (χ1n) is 5.67. The first-order valence-corrected chi connectivity index (χ1v) is 5.67. The van der Waals surface area contributed by atoms with E-state index in [1.165, 1.54) is 29.2 Å². The zero-order chi connectivity index (χ0) is 14.3. The van der Waals surface area contributed by atoms with Crippen molar-refractivity contribution in [3.63, 3.8) is 0 Å². The van der Waals surface area contributed by atoms with Gasteiger partial charge in [-0.05, 0) is 18.2 Å². The van der Waals surface area contributed by atoms with E-state index < -0.39 is 24.1 Å². The van der Waals surface area contributed by atoms with Gasteiger partial charge in [-0.25, -0.2) is 13.8 Å². The summed E-state index contributed by atoms with van der Waals surface area (Å²) in [6.07, 6.45) is 2.70. The van der Waals surface area contributed by atoms with Crippen LogP contribution in [0, 0.1) is 11.6 Å². The zero-order valence-electron chi connectivity index (χ0n) is 10.0. The molecule has 1 N–H and O–H groups in total. The van der Waals surface area contributed by atoms with Gasteiger partial charge < -0.3 is 14.1 Å². The summed E-state index contributed by atoms with van der Waals surface area (Å²) in [7, 11) is 0. The molecule has 7 heteroatoms. The molecule has 2 aromatic heterocycles. The van der Waals surface area contributed by atoms with Crippen molar-refractivity contribution in [1.82, 2.24) is 9.55 Å². The predicted octanol–water partition coefficient (Wildman–Crippen LogP) is 2.66. The van der Waals surface area contributed by atoms with Gasteiger partial charge in [0.1, 0.15) is 18.5 Å². The summed E-state index contributed by atoms with van der Waals surface area (Å²) in [6, 6.07) is 3.60. The molecule has 20 heavy (non-hydrogen) atoms. The number of aliphatic carboxylic acids is 1. The molecule has 0 amide bonds. The zero-order valence-corrected chi connectivity index (χ0v) is 10.0. The molecule has 0 bridgehead atoms. The smallest absolute Gasteiger partial charge is 0.323 e. The molecule has 102 valence electrons. The number of hydrogen-bond acceptors (Lipinski definition) is 3. The third-order valence-corrected chi connectivity index (χ3v) is 2.92. The molecule has 0 saturated heterocycles. The molecule has 0 atom stereocenters. The van der Waals surface area contributed by atoms with Crippen LogP contribution in [0.5, 0.6) is 0 Å². The van der Waals surface area contributed by atoms with Crippen molar-refractivity contribution in [2.75, 3.05) is 0 Å². The lowest BCUT2D eigenvalue weighted by atomic mass is 10.2. The van der Waals surface area contributed by atoms with Crippen molar-refractivity contribution in [3.05, 3.63) is 42.3 Å². The summed E-state index contributed by atoms with van der Waals surface area (Å²) in [5.41, 5.74) is 0.538. The Hall–Kier alpha value is -2.70. The lowest BCUT2D eigenvalue weighted by molar-refractivity contribution is -0.137. The second kappa shape index (κ2) is 4.44. The van der Waals surface area contributed by atoms with Crippen LogP contribution >= 0.6 is 0 Å². The molecule has 1 aromatic carbocycles. The van der Waals surface area contributed by atoms with E-state index in [-0.39, 0.29) is 22.5 Å². The van der Waals surface area contributed by atoms with E-state index in [2.05, 4.69) is 4.98 Å². The number of rotatable bonds is 3. The number of nitrogens with zero attached hydrogens (tertiary/aromatic N) is 2. The first-order chi connectivity index (χ1) is 9.58. The van der Waals surface area contributed by atoms with Crippen LogP contribution in [0.15, 0.2) is 35.1 Å². The van der Waals surface area contributed by atoms with E-state index in [9.17, 15) is 13.6 Å². The van der Waals surface area contributed by atoms with Crippen molar-refractivity contribution in [2.24, 2.45) is 0 Å². The maximum atomic E-state index is 13.8. The largest absolute Gasteiger partial charge is 0.480 e. The molecule has 0 spiro atoms. The monoisotopic (exact) mass is 278 g/mol. The second-order valence-corrected chi connectivity index (χ2v) is 4.14. The van der Waals surface area contributed by atoms with Gasteiger partial charge in [0.25, 0.3) is 0 Å². The Balaban J connectivity index is 2.33. The fourth-order valence-corrected chi connectivity index (χ4v) is 2.11. The molecule has 3 rings (SSSR count). The topological polar surface area (TPSA) is 68.3 Å². The normalized spacial score (nSPS) is 11.1. The molecule has 0 aliphatic heterocycles. The molecule has 0 fully saturated rings. The summed E-state index contributed by atoms with van der Waals surface area (Å²) in [6.45, 7) is -0.410. The standard InChI is InChI=1S/C13H8F2N2O3/c14-8-1-2-9-7(12(8)15)5-10(13-16-3-4-20-13)17(9)6-11(18)19/h1-5H,6H2,(H,18,19). The third-order valence-electron chi connectivity index (χ3n) is 2.92. The average Bonchev–Trinajstić information content (AvgIpc) is 3.01. The van der Waals surface area contributed by atoms with E-state index in [0.717, 1.165) is 6.07 Å². The minimum atomic E-state index is -1.11. The fourth-order valence-electron chi connectivity index (χ4n) is 2.11. The fraction of sp³-hybridized carbons (Fsp3) is 0.0769. The Labute approximate surface area is 111 Å². The maximum Gasteiger partial charge on any atom is 0.323 e. The van der Waals surface area contributed by atoms with Crippen molar-refractivity contribution < 1.29 is 23.1 Å². The summed E-state index contributed by atoms with van der Waals surface area (Å²) < 4.78 is 33.5. The SMILES string of the molecule is O=C(O)Cn1c(-c2ncco2)cc2c(F)c(F)ccc21. The molecule has 0 unspecified atom stereocenters. The van der Waals surface area contributed by atoms with E-state index in [1.807, 2.05) is 0 Å². The second-order valence-electron chi connectivity index (χ2n) is 4.14. The number of carboxylic acids is 1. The van der Waals surface area contributed by atoms with Crippen molar-refractivity contribution in [1.29, 1.82) is 0 Å². The Bertz CT molecular complexity index is 794. The lowest BCUT2D eigenvalue weighted by Crippen LogP contribution is -2.09. The highest BCUT2D eigenvalue weighted by Gasteiger charge is 2.19. The quantitative estimate of drug-likeness (QED) is 0.799. The molecule has 0 radical (unpaired) electrons. The van der Waals surface area contributed by atoms with Gasteiger partial charge in [-0.2, -0.15) is 0 Å². The molecular weight excluding hydrogens is 270 g/mol. The number of aromatic nitrogens is 2. The summed E-state index contributed by atoms with van der Waals surface area (Å²) in [4.78, 5) is 14.8. The van der Waals surface area contributed by atoms with Gasteiger partial charge in [0.2, 0.25) is 5.89 Å². The summed E-state index contributed by atoms with van der Waals surface area (Å²) in [5, 5.41) is 8.94. The van der Waals surface area contributed by atoms with Gasteiger partial charge in [-0.15, -0.1) is 0 Å². The molecule has 3 aromatic rings. The molecule has 2 heterocycles. The van der Waals surface area contributed by atoms with E-state index in [0.29, 0.717) is 0 Å². The van der Waals surface area contributed by atoms with Gasteiger partial charge in [-0.1, -0.05) is 0 Å². The minimum Gasteiger partial charge on any atom is -0.480 e. The maximum absolute atomic E-state index is 13.8. The highest BCUT2D eigenvalue weighted by Crippen LogP contribution is 2.30. The highest BCUT2D eigenvalue weighted by atomic mass is 19.2. The molecule has 0 aliphatic rings. The van der Waals surface area contributed by atoms with Crippen LogP contribution in [0.3, 0.4) is 0 Å². The first kappa shape index (κ1) is 12.3. The van der Waals surface area contributed by atoms with Gasteiger partial charge >= 0.3 is 5.97 Å². The Morgan fingerprint density at radius 2 is 2.20 bits per heavy atom. The summed E-state index contributed by atoms with van der Waals surface area (Å²) >= 11 is 0. The van der Waals surface area contributed by atoms with Crippen LogP contribution in [0.25, 0.3) is 22.5 Å². The van der Waals surface area contributed by atoms with Crippen LogP contribution in [-0.2, 0) is 11.3 Å². The molecule has 5 nitrogen and oxygen atoms in total. The number of carboxylic acid groups (broad SMARTS) is 1. The van der Waals surface area contributed by atoms with Gasteiger partial charge in [0.05, 0.1) is 11.7 Å². The van der Waals surface area contributed by atoms with Gasteiger partial charge in [0.15, 0.2) is 11.6 Å². The third kappa shape index (κ3) is 1.83. The van der Waals surface area contributed by atoms with Crippen molar-refractivity contribution >= 4 is 16.9 Å². The molecular formula is C13H8F2N2O3. The van der Waals surface area contributed by atoms with Crippen LogP contribution < -0.4 is 0 Å². The van der Waals surface area contributed by atoms with Crippen LogP contribution in [0.1, 0.15) is 0 Å². The van der Waals surface area contributed by atoms with Crippen LogP contribution in [0.2, 0.25) is 0 Å². The van der Waals surface area contributed by atoms with Crippen LogP contribution in [0.4, 0.5) is 8.78 Å². The Morgan fingerprint density at radius 1 is 1.40 bits per heavy atom. The summed E-state index contributed by atoms with van der Waals surface area (Å²) in [5.74, 6) is -2.99. The van der Waals surface area contributed by atoms with E-state index in [4.69, 9.17) is 9.52 Å². The number of benzene rings is 1. The number of halogens is 2. The Kier molecular flexibility index (Phi) is 2.74. The molecule has 0 aliphatic carbocycles. The van der Waals surface area contributed by atoms with Crippen molar-refractivity contribution in [2.45, 2.75) is 6.54 Å². The van der Waals surface area contributed by atoms with Crippen LogP contribution in [-0.4, -0.2) is 20.6 Å². The Morgan fingerprint density at radius 3 is 2.85 bits per heavy atom. The number of fused-ring (bicyclic) bond motifs is 1. The highest BCUT2D eigenvalue weighted by molar-refractivity contribution is 5.87. The van der Waals surface area contributed by atoms with Gasteiger partial charge in [0, 0.05) is 5.39 Å². The minimum absolute atomic E-state index is 0.0144. The van der Waals surface area contributed by atoms with E-state index >= 15 is 0 Å². The number of hydrogen-bond donors (Lipinski definition) is 1. The average molecular weight is 278 g/mol. The van der Waals surface area contributed by atoms with Gasteiger partial charge in [-0.3, -0.25) is 4.79 Å². The number of carbonyl (C=O) groups is 1. The lowest BCUT2D eigenvalue weighted by Gasteiger charge is -2.05. The number of oxazole rings is 1. The van der Waals surface area contributed by atoms with E-state index in [1.54, 1.807) is 0 Å². The van der Waals surface area contributed by atoms with Crippen molar-refractivity contribution in [3.8, 4) is 11.6 Å². The molecule has 0 saturated carbocycles.